The van der Waals surface area contributed by atoms with Crippen molar-refractivity contribution in [1.82, 2.24) is 16.0 Å². The standard InChI is InChI=1S/C31H42F3N5O5/c1-18-9-10-20(19(2)13-18)15-36-17-30(26(35)42,28(3,4)5)39-24(40)16-37-25(41)22-14-21(31(32,33)34)11-12-23(22)38-27(43)44-29(6,7)8/h9-14,36H,15-17H2,1-8H3,(H2,35,42)(H,37,41)(H,38,43)(H,39,40). The Balaban J connectivity index is 2.25. The lowest BCUT2D eigenvalue weighted by molar-refractivity contribution is -0.137. The van der Waals surface area contributed by atoms with Crippen LogP contribution in [0.2, 0.25) is 0 Å². The number of anilines is 1. The van der Waals surface area contributed by atoms with Crippen LogP contribution in [-0.4, -0.2) is 48.0 Å². The number of ether oxygens (including phenoxy) is 1. The van der Waals surface area contributed by atoms with E-state index < -0.39 is 64.2 Å². The van der Waals surface area contributed by atoms with Gasteiger partial charge in [-0.1, -0.05) is 44.5 Å². The van der Waals surface area contributed by atoms with Gasteiger partial charge in [-0.05, 0) is 69.4 Å². The number of nitrogens with one attached hydrogen (secondary N) is 4. The summed E-state index contributed by atoms with van der Waals surface area (Å²) in [5.41, 5.74) is 3.57. The van der Waals surface area contributed by atoms with Crippen LogP contribution >= 0.6 is 0 Å². The van der Waals surface area contributed by atoms with Crippen LogP contribution in [0, 0.1) is 19.3 Å². The van der Waals surface area contributed by atoms with E-state index in [1.54, 1.807) is 41.5 Å². The quantitative estimate of drug-likeness (QED) is 0.262. The lowest BCUT2D eigenvalue weighted by Crippen LogP contribution is -2.69. The summed E-state index contributed by atoms with van der Waals surface area (Å²) in [4.78, 5) is 51.2. The van der Waals surface area contributed by atoms with Gasteiger partial charge < -0.3 is 26.4 Å². The molecule has 0 fully saturated rings. The first-order chi connectivity index (χ1) is 20.1. The highest BCUT2D eigenvalue weighted by atomic mass is 19.4. The van der Waals surface area contributed by atoms with Gasteiger partial charge in [0.25, 0.3) is 5.91 Å². The molecule has 4 amide bonds. The monoisotopic (exact) mass is 621 g/mol. The van der Waals surface area contributed by atoms with Gasteiger partial charge >= 0.3 is 12.3 Å². The van der Waals surface area contributed by atoms with Crippen molar-refractivity contribution in [1.29, 1.82) is 0 Å². The fraction of sp³-hybridized carbons (Fsp3) is 0.484. The number of alkyl halides is 3. The van der Waals surface area contributed by atoms with Gasteiger partial charge in [0.2, 0.25) is 11.8 Å². The molecule has 10 nitrogen and oxygen atoms in total. The Hall–Kier alpha value is -4.13. The molecule has 0 aliphatic heterocycles. The molecule has 0 saturated carbocycles. The topological polar surface area (TPSA) is 152 Å². The third-order valence-corrected chi connectivity index (χ3v) is 6.89. The molecule has 1 unspecified atom stereocenters. The molecule has 0 bridgehead atoms. The van der Waals surface area contributed by atoms with Gasteiger partial charge in [0.15, 0.2) is 0 Å². The molecule has 13 heteroatoms. The summed E-state index contributed by atoms with van der Waals surface area (Å²) in [7, 11) is 0. The second-order valence-electron chi connectivity index (χ2n) is 12.7. The minimum absolute atomic E-state index is 0.0452. The van der Waals surface area contributed by atoms with Gasteiger partial charge in [-0.25, -0.2) is 4.79 Å². The zero-order valence-corrected chi connectivity index (χ0v) is 26.3. The fourth-order valence-corrected chi connectivity index (χ4v) is 4.41. The summed E-state index contributed by atoms with van der Waals surface area (Å²) < 4.78 is 45.4. The highest BCUT2D eigenvalue weighted by molar-refractivity contribution is 6.04. The molecule has 0 heterocycles. The maximum absolute atomic E-state index is 13.4. The van der Waals surface area contributed by atoms with Gasteiger partial charge in [-0.2, -0.15) is 13.2 Å². The Kier molecular flexibility index (Phi) is 11.2. The van der Waals surface area contributed by atoms with E-state index in [0.29, 0.717) is 18.7 Å². The van der Waals surface area contributed by atoms with E-state index in [1.807, 2.05) is 32.0 Å². The molecule has 242 valence electrons. The van der Waals surface area contributed by atoms with Crippen molar-refractivity contribution < 1.29 is 37.1 Å². The average molecular weight is 622 g/mol. The predicted molar refractivity (Wildman–Crippen MR) is 161 cm³/mol. The second kappa shape index (κ2) is 13.7. The highest BCUT2D eigenvalue weighted by Crippen LogP contribution is 2.32. The normalized spacial score (nSPS) is 13.4. The molecular weight excluding hydrogens is 579 g/mol. The second-order valence-corrected chi connectivity index (χ2v) is 12.7. The molecule has 0 radical (unpaired) electrons. The number of amides is 4. The lowest BCUT2D eigenvalue weighted by Gasteiger charge is -2.43. The third-order valence-electron chi connectivity index (χ3n) is 6.89. The van der Waals surface area contributed by atoms with Crippen molar-refractivity contribution in [3.05, 3.63) is 64.2 Å². The number of hydrogen-bond donors (Lipinski definition) is 5. The first kappa shape index (κ1) is 36.1. The van der Waals surface area contributed by atoms with Gasteiger partial charge in [0.05, 0.1) is 23.4 Å². The molecule has 1 atom stereocenters. The molecule has 2 aromatic carbocycles. The molecule has 44 heavy (non-hydrogen) atoms. The van der Waals surface area contributed by atoms with Crippen LogP contribution < -0.4 is 27.0 Å². The zero-order chi connectivity index (χ0) is 33.7. The van der Waals surface area contributed by atoms with E-state index in [-0.39, 0.29) is 12.2 Å². The minimum Gasteiger partial charge on any atom is -0.444 e. The van der Waals surface area contributed by atoms with Crippen LogP contribution in [0.15, 0.2) is 36.4 Å². The van der Waals surface area contributed by atoms with Crippen molar-refractivity contribution in [2.24, 2.45) is 11.1 Å². The van der Waals surface area contributed by atoms with E-state index in [9.17, 15) is 32.3 Å². The molecule has 2 aromatic rings. The Morgan fingerprint density at radius 1 is 0.909 bits per heavy atom. The summed E-state index contributed by atoms with van der Waals surface area (Å²) >= 11 is 0. The summed E-state index contributed by atoms with van der Waals surface area (Å²) in [6.07, 6.45) is -5.77. The van der Waals surface area contributed by atoms with Crippen molar-refractivity contribution in [2.45, 2.75) is 79.3 Å². The Labute approximate surface area is 255 Å². The Morgan fingerprint density at radius 2 is 1.55 bits per heavy atom. The lowest BCUT2D eigenvalue weighted by atomic mass is 9.72. The number of halogens is 3. The SMILES string of the molecule is Cc1ccc(CNCC(NC(=O)CNC(=O)c2cc(C(F)(F)F)ccc2NC(=O)OC(C)(C)C)(C(N)=O)C(C)(C)C)c(C)c1. The van der Waals surface area contributed by atoms with Crippen molar-refractivity contribution in [3.8, 4) is 0 Å². The molecule has 0 aromatic heterocycles. The van der Waals surface area contributed by atoms with Gasteiger partial charge in [-0.15, -0.1) is 0 Å². The van der Waals surface area contributed by atoms with Crippen molar-refractivity contribution in [2.75, 3.05) is 18.4 Å². The van der Waals surface area contributed by atoms with Crippen LogP contribution in [0.5, 0.6) is 0 Å². The van der Waals surface area contributed by atoms with Gasteiger partial charge in [0, 0.05) is 13.1 Å². The number of nitrogens with two attached hydrogens (primary N) is 1. The molecule has 0 spiro atoms. The molecule has 2 rings (SSSR count). The summed E-state index contributed by atoms with van der Waals surface area (Å²) in [5, 5.41) is 10.4. The number of hydrogen-bond acceptors (Lipinski definition) is 6. The number of aryl methyl sites for hydroxylation is 2. The summed E-state index contributed by atoms with van der Waals surface area (Å²) in [6.45, 7) is 13.5. The number of carbonyl (C=O) groups excluding carboxylic acids is 4. The average Bonchev–Trinajstić information content (AvgIpc) is 2.85. The molecule has 0 aliphatic rings. The van der Waals surface area contributed by atoms with E-state index in [0.717, 1.165) is 22.8 Å². The van der Waals surface area contributed by atoms with E-state index in [2.05, 4.69) is 21.3 Å². The maximum atomic E-state index is 13.4. The van der Waals surface area contributed by atoms with E-state index >= 15 is 0 Å². The maximum Gasteiger partial charge on any atom is 0.416 e. The molecule has 0 saturated heterocycles. The first-order valence-corrected chi connectivity index (χ1v) is 13.9. The smallest absolute Gasteiger partial charge is 0.416 e. The minimum atomic E-state index is -4.78. The molecule has 6 N–H and O–H groups in total. The largest absolute Gasteiger partial charge is 0.444 e. The number of primary amides is 1. The van der Waals surface area contributed by atoms with E-state index in [4.69, 9.17) is 10.5 Å². The number of rotatable bonds is 10. The Bertz CT molecular complexity index is 1400. The number of carbonyl (C=O) groups is 4. The van der Waals surface area contributed by atoms with Crippen LogP contribution in [0.3, 0.4) is 0 Å². The first-order valence-electron chi connectivity index (χ1n) is 13.9. The third kappa shape index (κ3) is 9.69. The fourth-order valence-electron chi connectivity index (χ4n) is 4.41. The molecule has 0 aliphatic carbocycles. The van der Waals surface area contributed by atoms with Crippen LogP contribution in [0.1, 0.15) is 74.2 Å². The summed E-state index contributed by atoms with van der Waals surface area (Å²) in [5.74, 6) is -2.71. The predicted octanol–water partition coefficient (Wildman–Crippen LogP) is 4.58. The number of benzene rings is 2. The highest BCUT2D eigenvalue weighted by Gasteiger charge is 2.48. The summed E-state index contributed by atoms with van der Waals surface area (Å²) in [6, 6.07) is 8.10. The molecular formula is C31H42F3N5O5. The van der Waals surface area contributed by atoms with Crippen molar-refractivity contribution in [3.63, 3.8) is 0 Å². The van der Waals surface area contributed by atoms with E-state index in [1.165, 1.54) is 0 Å². The van der Waals surface area contributed by atoms with Crippen LogP contribution in [0.4, 0.5) is 23.7 Å². The van der Waals surface area contributed by atoms with Gasteiger partial charge in [-0.3, -0.25) is 19.7 Å². The van der Waals surface area contributed by atoms with Crippen LogP contribution in [-0.2, 0) is 27.0 Å². The Morgan fingerprint density at radius 3 is 2.07 bits per heavy atom. The van der Waals surface area contributed by atoms with Crippen LogP contribution in [0.25, 0.3) is 0 Å². The zero-order valence-electron chi connectivity index (χ0n) is 26.3. The van der Waals surface area contributed by atoms with Crippen molar-refractivity contribution >= 4 is 29.5 Å². The van der Waals surface area contributed by atoms with Gasteiger partial charge in [0.1, 0.15) is 11.1 Å².